The molecule has 0 aromatic carbocycles. The van der Waals surface area contributed by atoms with Crippen molar-refractivity contribution in [2.75, 3.05) is 46.8 Å². The van der Waals surface area contributed by atoms with Crippen molar-refractivity contribution >= 4 is 20.0 Å². The van der Waals surface area contributed by atoms with E-state index >= 15 is 0 Å². The highest BCUT2D eigenvalue weighted by atomic mass is 32.3. The SMILES string of the molecule is CC[N+]1(C)CCN(C)CC1.O=S(=O)([N-]S(=O)(=O)C(F)(F)F)C(F)(F)F. The summed E-state index contributed by atoms with van der Waals surface area (Å²) < 4.78 is 110. The fourth-order valence-electron chi connectivity index (χ4n) is 1.58. The standard InChI is InChI=1S/C8H19N2.C2F6NO4S2/c1-4-10(3)7-5-9(2)6-8-10;3-1(4,5)14(10,11)9-15(12,13)2(6,7)8/h4-8H2,1-3H3;/q+1;-1. The zero-order chi connectivity index (χ0) is 20.3. The predicted molar refractivity (Wildman–Crippen MR) is 77.3 cm³/mol. The predicted octanol–water partition coefficient (Wildman–Crippen LogP) is 1.46. The van der Waals surface area contributed by atoms with Crippen molar-refractivity contribution in [1.29, 1.82) is 0 Å². The average molecular weight is 423 g/mol. The average Bonchev–Trinajstić information content (AvgIpc) is 2.39. The lowest BCUT2D eigenvalue weighted by Gasteiger charge is -2.40. The Kier molecular flexibility index (Phi) is 7.73. The number of sulfonamides is 2. The third-order valence-corrected chi connectivity index (χ3v) is 6.33. The summed E-state index contributed by atoms with van der Waals surface area (Å²) in [4.78, 5) is 2.41. The molecule has 1 heterocycles. The van der Waals surface area contributed by atoms with Crippen LogP contribution in [0.4, 0.5) is 26.3 Å². The van der Waals surface area contributed by atoms with E-state index in [0.717, 1.165) is 4.13 Å². The smallest absolute Gasteiger partial charge is 0.421 e. The molecule has 7 nitrogen and oxygen atoms in total. The molecule has 0 spiro atoms. The van der Waals surface area contributed by atoms with Crippen molar-refractivity contribution in [1.82, 2.24) is 4.90 Å². The van der Waals surface area contributed by atoms with Gasteiger partial charge in [0.15, 0.2) is 20.0 Å². The summed E-state index contributed by atoms with van der Waals surface area (Å²) >= 11 is 0. The third-order valence-electron chi connectivity index (χ3n) is 3.59. The molecule has 1 fully saturated rings. The van der Waals surface area contributed by atoms with E-state index in [-0.39, 0.29) is 0 Å². The fraction of sp³-hybridized carbons (Fsp3) is 1.00. The molecular formula is C10H19F6N3O4S2. The molecule has 0 aliphatic carbocycles. The van der Waals surface area contributed by atoms with Crippen LogP contribution in [0.1, 0.15) is 6.92 Å². The Balaban J connectivity index is 0.000000496. The van der Waals surface area contributed by atoms with E-state index in [1.807, 2.05) is 0 Å². The third kappa shape index (κ3) is 7.24. The molecule has 1 aliphatic rings. The topological polar surface area (TPSA) is 85.6 Å². The lowest BCUT2D eigenvalue weighted by molar-refractivity contribution is -0.911. The van der Waals surface area contributed by atoms with Gasteiger partial charge in [-0.2, -0.15) is 26.3 Å². The molecular weight excluding hydrogens is 404 g/mol. The van der Waals surface area contributed by atoms with Crippen LogP contribution >= 0.6 is 0 Å². The van der Waals surface area contributed by atoms with E-state index in [4.69, 9.17) is 0 Å². The van der Waals surface area contributed by atoms with Gasteiger partial charge in [0.05, 0.1) is 26.7 Å². The molecule has 1 rings (SSSR count). The number of likely N-dealkylation sites (N-methyl/N-ethyl adjacent to an activating group) is 2. The van der Waals surface area contributed by atoms with Crippen molar-refractivity contribution in [2.45, 2.75) is 17.9 Å². The molecule has 0 atom stereocenters. The van der Waals surface area contributed by atoms with Crippen molar-refractivity contribution in [3.63, 3.8) is 0 Å². The maximum absolute atomic E-state index is 11.4. The van der Waals surface area contributed by atoms with Gasteiger partial charge in [-0.25, -0.2) is 16.8 Å². The molecule has 0 aromatic rings. The monoisotopic (exact) mass is 423 g/mol. The molecule has 0 aromatic heterocycles. The van der Waals surface area contributed by atoms with E-state index in [9.17, 15) is 43.2 Å². The van der Waals surface area contributed by atoms with Gasteiger partial charge in [-0.3, -0.25) is 4.90 Å². The minimum Gasteiger partial charge on any atom is -0.421 e. The number of quaternary nitrogens is 1. The van der Waals surface area contributed by atoms with E-state index in [2.05, 4.69) is 25.9 Å². The van der Waals surface area contributed by atoms with Crippen LogP contribution in [0.5, 0.6) is 0 Å². The van der Waals surface area contributed by atoms with Crippen LogP contribution in [-0.4, -0.2) is 84.1 Å². The normalized spacial score (nSPS) is 19.9. The highest BCUT2D eigenvalue weighted by molar-refractivity contribution is 8.13. The molecule has 0 radical (unpaired) electrons. The summed E-state index contributed by atoms with van der Waals surface area (Å²) in [6.45, 7) is 8.76. The first-order valence-corrected chi connectivity index (χ1v) is 9.64. The van der Waals surface area contributed by atoms with Gasteiger partial charge < -0.3 is 8.61 Å². The van der Waals surface area contributed by atoms with Gasteiger partial charge in [-0.15, -0.1) is 0 Å². The van der Waals surface area contributed by atoms with Gasteiger partial charge in [0, 0.05) is 13.1 Å². The minimum absolute atomic E-state index is 0.778. The van der Waals surface area contributed by atoms with Crippen molar-refractivity contribution < 1.29 is 47.7 Å². The molecule has 0 amide bonds. The first-order chi connectivity index (χ1) is 10.9. The highest BCUT2D eigenvalue weighted by Crippen LogP contribution is 2.36. The van der Waals surface area contributed by atoms with E-state index in [0.29, 0.717) is 0 Å². The molecule has 0 saturated carbocycles. The van der Waals surface area contributed by atoms with Gasteiger partial charge in [0.1, 0.15) is 0 Å². The summed E-state index contributed by atoms with van der Waals surface area (Å²) in [5.41, 5.74) is -12.4. The number of halogens is 6. The lowest BCUT2D eigenvalue weighted by atomic mass is 10.3. The number of alkyl halides is 6. The number of rotatable bonds is 3. The van der Waals surface area contributed by atoms with Gasteiger partial charge >= 0.3 is 11.0 Å². The molecule has 1 aliphatic heterocycles. The van der Waals surface area contributed by atoms with Crippen LogP contribution < -0.4 is 0 Å². The van der Waals surface area contributed by atoms with Crippen LogP contribution in [0.3, 0.4) is 0 Å². The Morgan fingerprint density at radius 1 is 0.920 bits per heavy atom. The molecule has 0 unspecified atom stereocenters. The minimum atomic E-state index is -6.72. The summed E-state index contributed by atoms with van der Waals surface area (Å²) in [6, 6.07) is 0. The van der Waals surface area contributed by atoms with Crippen molar-refractivity contribution in [3.8, 4) is 0 Å². The quantitative estimate of drug-likeness (QED) is 0.507. The van der Waals surface area contributed by atoms with Gasteiger partial charge in [0.25, 0.3) is 0 Å². The van der Waals surface area contributed by atoms with Crippen molar-refractivity contribution in [2.24, 2.45) is 0 Å². The summed E-state index contributed by atoms with van der Waals surface area (Å²) in [7, 11) is -8.88. The van der Waals surface area contributed by atoms with Crippen LogP contribution in [0.25, 0.3) is 4.13 Å². The van der Waals surface area contributed by atoms with Crippen LogP contribution in [-0.2, 0) is 20.0 Å². The van der Waals surface area contributed by atoms with Gasteiger partial charge in [-0.1, -0.05) is 0 Å². The Labute approximate surface area is 142 Å². The zero-order valence-corrected chi connectivity index (χ0v) is 15.2. The van der Waals surface area contributed by atoms with E-state index in [1.54, 1.807) is 0 Å². The summed E-state index contributed by atoms with van der Waals surface area (Å²) in [6.07, 6.45) is 0. The molecule has 25 heavy (non-hydrogen) atoms. The Morgan fingerprint density at radius 3 is 1.48 bits per heavy atom. The summed E-state index contributed by atoms with van der Waals surface area (Å²) in [5, 5.41) is 0. The summed E-state index contributed by atoms with van der Waals surface area (Å²) in [5.74, 6) is 0. The number of nitrogens with zero attached hydrogens (tertiary/aromatic N) is 3. The first kappa shape index (κ1) is 24.4. The molecule has 15 heteroatoms. The molecule has 1 saturated heterocycles. The maximum atomic E-state index is 11.4. The second-order valence-corrected chi connectivity index (χ2v) is 9.02. The van der Waals surface area contributed by atoms with Crippen LogP contribution in [0, 0.1) is 0 Å². The first-order valence-electron chi connectivity index (χ1n) is 6.76. The maximum Gasteiger partial charge on any atom is 0.480 e. The largest absolute Gasteiger partial charge is 0.480 e. The number of hydrogen-bond acceptors (Lipinski definition) is 5. The van der Waals surface area contributed by atoms with Crippen LogP contribution in [0.15, 0.2) is 0 Å². The lowest BCUT2D eigenvalue weighted by Crippen LogP contribution is -2.56. The van der Waals surface area contributed by atoms with E-state index in [1.165, 1.54) is 37.2 Å². The molecule has 152 valence electrons. The van der Waals surface area contributed by atoms with Gasteiger partial charge in [0.2, 0.25) is 0 Å². The Bertz CT molecular complexity index is 595. The van der Waals surface area contributed by atoms with Crippen LogP contribution in [0.2, 0.25) is 0 Å². The van der Waals surface area contributed by atoms with Gasteiger partial charge in [-0.05, 0) is 14.0 Å². The Hall–Kier alpha value is -0.640. The number of piperazine rings is 1. The van der Waals surface area contributed by atoms with E-state index < -0.39 is 31.1 Å². The second-order valence-electron chi connectivity index (χ2n) is 5.60. The van der Waals surface area contributed by atoms with Crippen molar-refractivity contribution in [3.05, 3.63) is 4.13 Å². The fourth-order valence-corrected chi connectivity index (χ4v) is 3.29. The second kappa shape index (κ2) is 7.94. The Morgan fingerprint density at radius 2 is 1.24 bits per heavy atom. The number of hydrogen-bond donors (Lipinski definition) is 0. The molecule has 0 bridgehead atoms. The highest BCUT2D eigenvalue weighted by Gasteiger charge is 2.46. The zero-order valence-electron chi connectivity index (χ0n) is 13.6. The molecule has 0 N–H and O–H groups in total.